The summed E-state index contributed by atoms with van der Waals surface area (Å²) in [6, 6.07) is 3.42. The molecule has 0 radical (unpaired) electrons. The predicted octanol–water partition coefficient (Wildman–Crippen LogP) is -6.53. The van der Waals surface area contributed by atoms with Gasteiger partial charge in [0.05, 0.1) is 15.3 Å². The van der Waals surface area contributed by atoms with Crippen LogP contribution in [0.5, 0.6) is 0 Å². The van der Waals surface area contributed by atoms with Gasteiger partial charge in [0.2, 0.25) is 0 Å². The summed E-state index contributed by atoms with van der Waals surface area (Å²) in [5, 5.41) is -0.0770. The van der Waals surface area contributed by atoms with Crippen molar-refractivity contribution in [2.75, 3.05) is 0 Å². The van der Waals surface area contributed by atoms with Crippen LogP contribution in [0.2, 0.25) is 10.0 Å². The molecule has 0 aromatic heterocycles. The molecular weight excluding hydrogens is 300 g/mol. The molecule has 14 heavy (non-hydrogen) atoms. The maximum Gasteiger partial charge on any atom is 1.00 e. The van der Waals surface area contributed by atoms with Crippen molar-refractivity contribution in [1.82, 2.24) is 0 Å². The summed E-state index contributed by atoms with van der Waals surface area (Å²) >= 11 is 11.0. The van der Waals surface area contributed by atoms with Gasteiger partial charge in [-0.1, -0.05) is 23.2 Å². The van der Waals surface area contributed by atoms with Gasteiger partial charge in [0, 0.05) is 0 Å². The number of benzene rings is 1. The Morgan fingerprint density at radius 2 is 1.43 bits per heavy atom. The van der Waals surface area contributed by atoms with Gasteiger partial charge in [0.15, 0.2) is 0 Å². The minimum absolute atomic E-state index is 0. The molecule has 0 unspecified atom stereocenters. The Bertz CT molecular complexity index is 306. The van der Waals surface area contributed by atoms with Gasteiger partial charge < -0.3 is 14.7 Å². The van der Waals surface area contributed by atoms with E-state index >= 15 is 0 Å². The van der Waals surface area contributed by atoms with E-state index in [9.17, 15) is 14.7 Å². The van der Waals surface area contributed by atoms with Gasteiger partial charge in [-0.25, -0.2) is 0 Å². The summed E-state index contributed by atoms with van der Waals surface area (Å²) in [6.45, 7) is 0. The maximum atomic E-state index is 10.5. The first-order chi connectivity index (χ1) is 5.41. The molecule has 0 aliphatic rings. The molecule has 0 bridgehead atoms. The second-order valence-corrected chi connectivity index (χ2v) is 4.42. The topological polar surface area (TPSA) is 69.2 Å². The summed E-state index contributed by atoms with van der Waals surface area (Å²) < 4.78 is 0. The largest absolute Gasteiger partial charge is 1.00 e. The van der Waals surface area contributed by atoms with Crippen LogP contribution in [0, 0.1) is 0 Å². The zero-order chi connectivity index (χ0) is 9.35. The summed E-state index contributed by atoms with van der Waals surface area (Å²) in [7, 11) is -4.71. The third-order valence-corrected chi connectivity index (χ3v) is 2.87. The molecule has 1 aromatic rings. The van der Waals surface area contributed by atoms with Crippen LogP contribution < -0.4 is 123 Å². The second-order valence-electron chi connectivity index (χ2n) is 2.10. The van der Waals surface area contributed by atoms with Crippen LogP contribution in [0.25, 0.3) is 0 Å². The van der Waals surface area contributed by atoms with Crippen LogP contribution in [0.15, 0.2) is 18.2 Å². The van der Waals surface area contributed by atoms with E-state index < -0.39 is 7.94 Å². The fourth-order valence-corrected chi connectivity index (χ4v) is 1.57. The molecule has 66 valence electrons. The maximum absolute atomic E-state index is 10.5. The van der Waals surface area contributed by atoms with Gasteiger partial charge in [-0.05, 0) is 18.2 Å². The van der Waals surface area contributed by atoms with Gasteiger partial charge in [-0.3, -0.25) is 0 Å². The molecule has 0 N–H and O–H groups in total. The van der Waals surface area contributed by atoms with Gasteiger partial charge in [-0.15, -0.1) is 7.94 Å². The first kappa shape index (κ1) is 19.7. The molecular formula is C6H3Cl2K2O3P. The molecule has 0 heterocycles. The molecule has 0 fully saturated rings. The molecule has 8 heteroatoms. The average Bonchev–Trinajstić information content (AvgIpc) is 1.92. The average molecular weight is 303 g/mol. The van der Waals surface area contributed by atoms with E-state index in [0.29, 0.717) is 0 Å². The van der Waals surface area contributed by atoms with Crippen molar-refractivity contribution in [3.8, 4) is 0 Å². The first-order valence-electron chi connectivity index (χ1n) is 2.89. The molecule has 0 aliphatic carbocycles. The Balaban J connectivity index is 0. The van der Waals surface area contributed by atoms with Crippen molar-refractivity contribution in [2.45, 2.75) is 0 Å². The van der Waals surface area contributed by atoms with Crippen LogP contribution in [0.1, 0.15) is 0 Å². The smallest absolute Gasteiger partial charge is 0.683 e. The van der Waals surface area contributed by atoms with Crippen LogP contribution in [0.4, 0.5) is 0 Å². The summed E-state index contributed by atoms with van der Waals surface area (Å²) in [6.07, 6.45) is 0. The molecule has 0 saturated carbocycles. The number of hydrogen-bond acceptors (Lipinski definition) is 3. The van der Waals surface area contributed by atoms with E-state index in [0.717, 1.165) is 12.1 Å². The van der Waals surface area contributed by atoms with Gasteiger partial charge >= 0.3 is 103 Å². The van der Waals surface area contributed by atoms with Gasteiger partial charge in [-0.2, -0.15) is 0 Å². The summed E-state index contributed by atoms with van der Waals surface area (Å²) in [5.74, 6) is 0. The Labute approximate surface area is 178 Å². The zero-order valence-electron chi connectivity index (χ0n) is 7.66. The Morgan fingerprint density at radius 3 is 1.79 bits per heavy atom. The molecule has 0 aliphatic heterocycles. The minimum Gasteiger partial charge on any atom is -0.683 e. The fraction of sp³-hybridized carbons (Fsp3) is 0. The summed E-state index contributed by atoms with van der Waals surface area (Å²) in [5.41, 5.74) is 0. The van der Waals surface area contributed by atoms with Crippen molar-refractivity contribution in [2.24, 2.45) is 0 Å². The molecule has 1 rings (SSSR count). The number of rotatable bonds is 1. The standard InChI is InChI=1S/C6H5Cl2O3P.2K/c7-5-2-1-4(3-6(5)8)12(9,10)11;;/h1-3H,(H2,9,10,11);;/q;2*+1/p-2. The quantitative estimate of drug-likeness (QED) is 0.383. The van der Waals surface area contributed by atoms with E-state index in [4.69, 9.17) is 23.2 Å². The van der Waals surface area contributed by atoms with Crippen molar-refractivity contribution in [3.05, 3.63) is 28.2 Å². The molecule has 3 nitrogen and oxygen atoms in total. The molecule has 1 aromatic carbocycles. The van der Waals surface area contributed by atoms with Crippen molar-refractivity contribution >= 4 is 36.4 Å². The third kappa shape index (κ3) is 6.35. The van der Waals surface area contributed by atoms with E-state index in [-0.39, 0.29) is 118 Å². The normalized spacial score (nSPS) is 10.1. The molecule has 0 amide bonds. The third-order valence-electron chi connectivity index (χ3n) is 1.22. The van der Waals surface area contributed by atoms with Gasteiger partial charge in [0.25, 0.3) is 0 Å². The van der Waals surface area contributed by atoms with Crippen molar-refractivity contribution in [3.63, 3.8) is 0 Å². The first-order valence-corrected chi connectivity index (χ1v) is 5.19. The Kier molecular flexibility index (Phi) is 11.9. The monoisotopic (exact) mass is 302 g/mol. The van der Waals surface area contributed by atoms with Crippen molar-refractivity contribution in [1.29, 1.82) is 0 Å². The molecule has 0 saturated heterocycles. The van der Waals surface area contributed by atoms with Crippen LogP contribution in [0.3, 0.4) is 0 Å². The minimum atomic E-state index is -4.71. The Hall–Kier alpha value is 3.38. The zero-order valence-corrected chi connectivity index (χ0v) is 16.3. The van der Waals surface area contributed by atoms with E-state index in [1.54, 1.807) is 0 Å². The van der Waals surface area contributed by atoms with Gasteiger partial charge in [0.1, 0.15) is 0 Å². The van der Waals surface area contributed by atoms with E-state index in [1.165, 1.54) is 6.07 Å². The molecule has 0 atom stereocenters. The van der Waals surface area contributed by atoms with Crippen LogP contribution in [-0.4, -0.2) is 0 Å². The molecule has 0 spiro atoms. The SMILES string of the molecule is [K+].[K+].[O-][P+]([O-])([O-])c1ccc(Cl)c(Cl)c1. The fourth-order valence-electron chi connectivity index (χ4n) is 0.655. The number of hydrogen-bond donors (Lipinski definition) is 0. The van der Waals surface area contributed by atoms with Crippen LogP contribution in [-0.2, 0) is 0 Å². The Morgan fingerprint density at radius 1 is 0.929 bits per heavy atom. The van der Waals surface area contributed by atoms with E-state index in [1.807, 2.05) is 0 Å². The summed E-state index contributed by atoms with van der Waals surface area (Å²) in [4.78, 5) is 31.4. The van der Waals surface area contributed by atoms with E-state index in [2.05, 4.69) is 0 Å². The van der Waals surface area contributed by atoms with Crippen LogP contribution >= 0.6 is 31.1 Å². The number of halogens is 2. The second kappa shape index (κ2) is 8.48. The van der Waals surface area contributed by atoms with Crippen molar-refractivity contribution < 1.29 is 117 Å². The predicted molar refractivity (Wildman–Crippen MR) is 43.0 cm³/mol.